The van der Waals surface area contributed by atoms with E-state index in [4.69, 9.17) is 35.4 Å². The van der Waals surface area contributed by atoms with Crippen molar-refractivity contribution in [3.05, 3.63) is 63.1 Å². The third kappa shape index (κ3) is 6.17. The minimum absolute atomic E-state index is 0.645. The van der Waals surface area contributed by atoms with Crippen molar-refractivity contribution in [1.82, 2.24) is 5.32 Å². The van der Waals surface area contributed by atoms with Crippen molar-refractivity contribution in [2.45, 2.75) is 19.6 Å². The van der Waals surface area contributed by atoms with Gasteiger partial charge < -0.3 is 10.6 Å². The van der Waals surface area contributed by atoms with Gasteiger partial charge in [0, 0.05) is 33.8 Å². The maximum absolute atomic E-state index is 6.16. The van der Waals surface area contributed by atoms with Crippen LogP contribution in [0.5, 0.6) is 0 Å². The van der Waals surface area contributed by atoms with Gasteiger partial charge >= 0.3 is 0 Å². The Morgan fingerprint density at radius 3 is 2.62 bits per heavy atom. The van der Waals surface area contributed by atoms with E-state index in [0.717, 1.165) is 34.3 Å². The van der Waals surface area contributed by atoms with Crippen LogP contribution in [0.1, 0.15) is 16.7 Å². The van der Waals surface area contributed by atoms with Crippen molar-refractivity contribution >= 4 is 58.0 Å². The molecule has 2 nitrogen and oxygen atoms in total. The highest BCUT2D eigenvalue weighted by molar-refractivity contribution is 7.98. The molecule has 0 amide bonds. The fourth-order valence-electron chi connectivity index (χ4n) is 2.18. The van der Waals surface area contributed by atoms with Gasteiger partial charge in [0.2, 0.25) is 0 Å². The van der Waals surface area contributed by atoms with Gasteiger partial charge in [-0.3, -0.25) is 0 Å². The van der Waals surface area contributed by atoms with Gasteiger partial charge in [-0.1, -0.05) is 47.0 Å². The molecule has 0 saturated heterocycles. The number of aryl methyl sites for hydroxylation is 2. The number of hydrogen-bond donors (Lipinski definition) is 2. The second-order valence-corrected chi connectivity index (χ2v) is 7.84. The molecule has 0 radical (unpaired) electrons. The van der Waals surface area contributed by atoms with Crippen LogP contribution < -0.4 is 10.6 Å². The second-order valence-electron chi connectivity index (χ2n) is 5.49. The van der Waals surface area contributed by atoms with E-state index in [1.165, 1.54) is 11.1 Å². The monoisotopic (exact) mass is 398 g/mol. The highest BCUT2D eigenvalue weighted by atomic mass is 35.5. The molecular weight excluding hydrogens is 379 g/mol. The number of nitrogens with one attached hydrogen (secondary N) is 2. The van der Waals surface area contributed by atoms with Crippen LogP contribution in [0.4, 0.5) is 5.69 Å². The molecule has 0 saturated carbocycles. The number of anilines is 1. The molecule has 2 N–H and O–H groups in total. The zero-order valence-electron chi connectivity index (χ0n) is 13.7. The predicted octanol–water partition coefficient (Wildman–Crippen LogP) is 5.83. The first kappa shape index (κ1) is 19.4. The second kappa shape index (κ2) is 9.52. The number of benzene rings is 2. The summed E-state index contributed by atoms with van der Waals surface area (Å²) in [5.74, 6) is 1.79. The molecule has 2 aromatic carbocycles. The molecule has 24 heavy (non-hydrogen) atoms. The lowest BCUT2D eigenvalue weighted by atomic mass is 10.1. The molecule has 0 atom stereocenters. The molecule has 2 rings (SSSR count). The summed E-state index contributed by atoms with van der Waals surface area (Å²) < 4.78 is 0. The summed E-state index contributed by atoms with van der Waals surface area (Å²) in [6, 6.07) is 11.9. The summed E-state index contributed by atoms with van der Waals surface area (Å²) in [7, 11) is 0. The minimum atomic E-state index is 0.645. The van der Waals surface area contributed by atoms with Crippen molar-refractivity contribution in [1.29, 1.82) is 0 Å². The standard InChI is InChI=1S/C18H20Cl2N2S2/c1-12-3-6-17(13(2)9-12)22-18(23)21-7-8-24-11-14-4-5-15(19)10-16(14)20/h3-6,9-10H,7-8,11H2,1-2H3,(H2,21,22,23). The average Bonchev–Trinajstić information content (AvgIpc) is 2.51. The van der Waals surface area contributed by atoms with E-state index < -0.39 is 0 Å². The van der Waals surface area contributed by atoms with E-state index in [1.807, 2.05) is 12.1 Å². The van der Waals surface area contributed by atoms with Crippen LogP contribution >= 0.6 is 47.2 Å². The molecular formula is C18H20Cl2N2S2. The Hall–Kier alpha value is -0.940. The Morgan fingerprint density at radius 1 is 1.12 bits per heavy atom. The summed E-state index contributed by atoms with van der Waals surface area (Å²) in [6.45, 7) is 4.95. The zero-order valence-corrected chi connectivity index (χ0v) is 16.8. The maximum atomic E-state index is 6.16. The van der Waals surface area contributed by atoms with Gasteiger partial charge in [-0.15, -0.1) is 0 Å². The van der Waals surface area contributed by atoms with Gasteiger partial charge in [-0.2, -0.15) is 11.8 Å². The Balaban J connectivity index is 1.69. The van der Waals surface area contributed by atoms with Crippen molar-refractivity contribution in [2.24, 2.45) is 0 Å². The van der Waals surface area contributed by atoms with Gasteiger partial charge in [0.25, 0.3) is 0 Å². The first-order valence-electron chi connectivity index (χ1n) is 7.59. The summed E-state index contributed by atoms with van der Waals surface area (Å²) in [5, 5.41) is 8.49. The third-order valence-corrected chi connectivity index (χ3v) is 5.28. The van der Waals surface area contributed by atoms with Gasteiger partial charge in [0.05, 0.1) is 0 Å². The number of rotatable bonds is 6. The van der Waals surface area contributed by atoms with E-state index in [1.54, 1.807) is 17.8 Å². The Kier molecular flexibility index (Phi) is 7.69. The topological polar surface area (TPSA) is 24.1 Å². The molecule has 2 aromatic rings. The fourth-order valence-corrected chi connectivity index (χ4v) is 3.81. The molecule has 0 aliphatic heterocycles. The number of thiocarbonyl (C=S) groups is 1. The summed E-state index contributed by atoms with van der Waals surface area (Å²) >= 11 is 19.2. The average molecular weight is 399 g/mol. The Morgan fingerprint density at radius 2 is 1.92 bits per heavy atom. The largest absolute Gasteiger partial charge is 0.362 e. The molecule has 0 aliphatic carbocycles. The van der Waals surface area contributed by atoms with Crippen LogP contribution in [0, 0.1) is 13.8 Å². The van der Waals surface area contributed by atoms with Crippen molar-refractivity contribution in [3.63, 3.8) is 0 Å². The smallest absolute Gasteiger partial charge is 0.170 e. The molecule has 0 heterocycles. The van der Waals surface area contributed by atoms with Crippen molar-refractivity contribution in [3.8, 4) is 0 Å². The molecule has 0 unspecified atom stereocenters. The maximum Gasteiger partial charge on any atom is 0.170 e. The molecule has 0 spiro atoms. The van der Waals surface area contributed by atoms with E-state index >= 15 is 0 Å². The predicted molar refractivity (Wildman–Crippen MR) is 113 cm³/mol. The van der Waals surface area contributed by atoms with E-state index in [0.29, 0.717) is 10.1 Å². The number of thioether (sulfide) groups is 1. The molecule has 128 valence electrons. The highest BCUT2D eigenvalue weighted by Crippen LogP contribution is 2.24. The molecule has 0 aromatic heterocycles. The van der Waals surface area contributed by atoms with Crippen LogP contribution in [-0.2, 0) is 5.75 Å². The van der Waals surface area contributed by atoms with Crippen LogP contribution in [0.2, 0.25) is 10.0 Å². The van der Waals surface area contributed by atoms with Crippen LogP contribution in [0.15, 0.2) is 36.4 Å². The fraction of sp³-hybridized carbons (Fsp3) is 0.278. The van der Waals surface area contributed by atoms with E-state index in [-0.39, 0.29) is 0 Å². The number of halogens is 2. The highest BCUT2D eigenvalue weighted by Gasteiger charge is 2.03. The lowest BCUT2D eigenvalue weighted by Gasteiger charge is -2.13. The van der Waals surface area contributed by atoms with E-state index in [9.17, 15) is 0 Å². The Bertz CT molecular complexity index is 720. The van der Waals surface area contributed by atoms with E-state index in [2.05, 4.69) is 42.7 Å². The minimum Gasteiger partial charge on any atom is -0.362 e. The van der Waals surface area contributed by atoms with Crippen molar-refractivity contribution < 1.29 is 0 Å². The first-order valence-corrected chi connectivity index (χ1v) is 9.91. The molecule has 0 aliphatic rings. The summed E-state index contributed by atoms with van der Waals surface area (Å²) in [5.41, 5.74) is 4.57. The first-order chi connectivity index (χ1) is 11.5. The molecule has 0 fully saturated rings. The van der Waals surface area contributed by atoms with Crippen molar-refractivity contribution in [2.75, 3.05) is 17.6 Å². The SMILES string of the molecule is Cc1ccc(NC(=S)NCCSCc2ccc(Cl)cc2Cl)c(C)c1. The lowest BCUT2D eigenvalue weighted by Crippen LogP contribution is -2.30. The quantitative estimate of drug-likeness (QED) is 0.471. The lowest BCUT2D eigenvalue weighted by molar-refractivity contribution is 0.989. The van der Waals surface area contributed by atoms with Crippen LogP contribution in [0.25, 0.3) is 0 Å². The van der Waals surface area contributed by atoms with Gasteiger partial charge in [0.1, 0.15) is 0 Å². The van der Waals surface area contributed by atoms with Gasteiger partial charge in [-0.05, 0) is 55.4 Å². The van der Waals surface area contributed by atoms with Gasteiger partial charge in [-0.25, -0.2) is 0 Å². The molecule has 6 heteroatoms. The molecule has 0 bridgehead atoms. The van der Waals surface area contributed by atoms with Crippen LogP contribution in [-0.4, -0.2) is 17.4 Å². The zero-order chi connectivity index (χ0) is 17.5. The van der Waals surface area contributed by atoms with Gasteiger partial charge in [0.15, 0.2) is 5.11 Å². The Labute approximate surface area is 163 Å². The normalized spacial score (nSPS) is 10.5. The third-order valence-electron chi connectivity index (χ3n) is 3.43. The van der Waals surface area contributed by atoms with Crippen LogP contribution in [0.3, 0.4) is 0 Å². The summed E-state index contributed by atoms with van der Waals surface area (Å²) in [6.07, 6.45) is 0. The number of hydrogen-bond acceptors (Lipinski definition) is 2. The summed E-state index contributed by atoms with van der Waals surface area (Å²) in [4.78, 5) is 0.